The lowest BCUT2D eigenvalue weighted by Crippen LogP contribution is -2.31. The van der Waals surface area contributed by atoms with Crippen molar-refractivity contribution in [3.8, 4) is 0 Å². The zero-order valence-electron chi connectivity index (χ0n) is 10.4. The van der Waals surface area contributed by atoms with Crippen molar-refractivity contribution in [1.82, 2.24) is 4.90 Å². The van der Waals surface area contributed by atoms with Gasteiger partial charge in [0.25, 0.3) is 0 Å². The summed E-state index contributed by atoms with van der Waals surface area (Å²) in [5.41, 5.74) is 0. The first-order valence-electron chi connectivity index (χ1n) is 5.67. The van der Waals surface area contributed by atoms with E-state index in [9.17, 15) is 4.79 Å². The quantitative estimate of drug-likeness (QED) is 0.553. The van der Waals surface area contributed by atoms with Crippen molar-refractivity contribution in [1.29, 1.82) is 0 Å². The highest BCUT2D eigenvalue weighted by molar-refractivity contribution is 7.09. The zero-order chi connectivity index (χ0) is 12.7. The van der Waals surface area contributed by atoms with Crippen molar-refractivity contribution in [2.45, 2.75) is 26.5 Å². The number of hydrogen-bond donors (Lipinski definition) is 0. The maximum atomic E-state index is 11.6. The molecule has 0 saturated heterocycles. The molecule has 1 aromatic heterocycles. The standard InChI is InChI=1S/C13H19NO2S/c1-4-7-14(9-12-6-5-8-17-12)10-13(15)16-11(2)3/h4-6,8,11H,1,7,9-10H2,2-3H3. The minimum atomic E-state index is -0.182. The fourth-order valence-electron chi connectivity index (χ4n) is 1.47. The summed E-state index contributed by atoms with van der Waals surface area (Å²) in [5.74, 6) is -0.182. The molecule has 0 aliphatic heterocycles. The summed E-state index contributed by atoms with van der Waals surface area (Å²) >= 11 is 1.69. The fourth-order valence-corrected chi connectivity index (χ4v) is 2.22. The van der Waals surface area contributed by atoms with Crippen molar-refractivity contribution in [2.75, 3.05) is 13.1 Å². The van der Waals surface area contributed by atoms with Crippen LogP contribution in [0.4, 0.5) is 0 Å². The van der Waals surface area contributed by atoms with Gasteiger partial charge in [0.05, 0.1) is 12.6 Å². The van der Waals surface area contributed by atoms with E-state index in [1.807, 2.05) is 30.2 Å². The lowest BCUT2D eigenvalue weighted by atomic mass is 10.4. The summed E-state index contributed by atoms with van der Waals surface area (Å²) in [6.45, 7) is 9.17. The van der Waals surface area contributed by atoms with Gasteiger partial charge in [-0.05, 0) is 25.3 Å². The summed E-state index contributed by atoms with van der Waals surface area (Å²) in [7, 11) is 0. The number of ether oxygens (including phenoxy) is 1. The van der Waals surface area contributed by atoms with Crippen LogP contribution in [-0.2, 0) is 16.1 Å². The lowest BCUT2D eigenvalue weighted by molar-refractivity contribution is -0.148. The highest BCUT2D eigenvalue weighted by Crippen LogP contribution is 2.11. The van der Waals surface area contributed by atoms with Crippen LogP contribution >= 0.6 is 11.3 Å². The molecule has 0 N–H and O–H groups in total. The van der Waals surface area contributed by atoms with Crippen LogP contribution in [0, 0.1) is 0 Å². The minimum Gasteiger partial charge on any atom is -0.462 e. The summed E-state index contributed by atoms with van der Waals surface area (Å²) in [4.78, 5) is 14.8. The highest BCUT2D eigenvalue weighted by Gasteiger charge is 2.12. The summed E-state index contributed by atoms with van der Waals surface area (Å²) < 4.78 is 5.13. The molecule has 0 aliphatic rings. The normalized spacial score (nSPS) is 10.8. The molecule has 3 nitrogen and oxygen atoms in total. The van der Waals surface area contributed by atoms with Crippen LogP contribution in [0.15, 0.2) is 30.2 Å². The summed E-state index contributed by atoms with van der Waals surface area (Å²) in [5, 5.41) is 2.04. The first kappa shape index (κ1) is 13.9. The van der Waals surface area contributed by atoms with Crippen molar-refractivity contribution in [3.63, 3.8) is 0 Å². The second-order valence-corrected chi connectivity index (χ2v) is 5.11. The van der Waals surface area contributed by atoms with Gasteiger partial charge in [0.15, 0.2) is 0 Å². The second kappa shape index (κ2) is 7.25. The maximum Gasteiger partial charge on any atom is 0.320 e. The average Bonchev–Trinajstić information content (AvgIpc) is 2.69. The Bertz CT molecular complexity index is 346. The van der Waals surface area contributed by atoms with E-state index in [1.54, 1.807) is 17.4 Å². The van der Waals surface area contributed by atoms with Crippen molar-refractivity contribution < 1.29 is 9.53 Å². The molecule has 1 rings (SSSR count). The zero-order valence-corrected chi connectivity index (χ0v) is 11.2. The number of rotatable bonds is 7. The molecular formula is C13H19NO2S. The molecule has 0 spiro atoms. The molecule has 0 aliphatic carbocycles. The Kier molecular flexibility index (Phi) is 5.94. The van der Waals surface area contributed by atoms with Gasteiger partial charge in [-0.2, -0.15) is 0 Å². The smallest absolute Gasteiger partial charge is 0.320 e. The van der Waals surface area contributed by atoms with E-state index in [0.717, 1.165) is 6.54 Å². The molecule has 0 saturated carbocycles. The van der Waals surface area contributed by atoms with Gasteiger partial charge in [0, 0.05) is 18.0 Å². The van der Waals surface area contributed by atoms with Crippen LogP contribution in [0.2, 0.25) is 0 Å². The van der Waals surface area contributed by atoms with Gasteiger partial charge in [0.1, 0.15) is 0 Å². The first-order valence-corrected chi connectivity index (χ1v) is 6.55. The second-order valence-electron chi connectivity index (χ2n) is 4.08. The molecule has 0 fully saturated rings. The van der Waals surface area contributed by atoms with Gasteiger partial charge in [-0.15, -0.1) is 17.9 Å². The Morgan fingerprint density at radius 1 is 1.65 bits per heavy atom. The topological polar surface area (TPSA) is 29.5 Å². The third kappa shape index (κ3) is 5.65. The molecule has 0 bridgehead atoms. The van der Waals surface area contributed by atoms with Crippen LogP contribution in [0.1, 0.15) is 18.7 Å². The summed E-state index contributed by atoms with van der Waals surface area (Å²) in [6, 6.07) is 4.08. The average molecular weight is 253 g/mol. The predicted molar refractivity (Wildman–Crippen MR) is 71.0 cm³/mol. The fraction of sp³-hybridized carbons (Fsp3) is 0.462. The first-order chi connectivity index (χ1) is 8.11. The molecule has 1 aromatic rings. The number of carbonyl (C=O) groups is 1. The number of thiophene rings is 1. The molecular weight excluding hydrogens is 234 g/mol. The highest BCUT2D eigenvalue weighted by atomic mass is 32.1. The molecule has 1 heterocycles. The van der Waals surface area contributed by atoms with Gasteiger partial charge in [-0.25, -0.2) is 0 Å². The van der Waals surface area contributed by atoms with Gasteiger partial charge >= 0.3 is 5.97 Å². The molecule has 17 heavy (non-hydrogen) atoms. The van der Waals surface area contributed by atoms with E-state index in [2.05, 4.69) is 12.6 Å². The van der Waals surface area contributed by atoms with Crippen LogP contribution < -0.4 is 0 Å². The molecule has 0 radical (unpaired) electrons. The van der Waals surface area contributed by atoms with Gasteiger partial charge in [0.2, 0.25) is 0 Å². The van der Waals surface area contributed by atoms with E-state index in [4.69, 9.17) is 4.74 Å². The van der Waals surface area contributed by atoms with E-state index in [1.165, 1.54) is 4.88 Å². The maximum absolute atomic E-state index is 11.6. The van der Waals surface area contributed by atoms with Crippen LogP contribution in [0.3, 0.4) is 0 Å². The Morgan fingerprint density at radius 3 is 2.94 bits per heavy atom. The molecule has 0 unspecified atom stereocenters. The number of esters is 1. The SMILES string of the molecule is C=CCN(CC(=O)OC(C)C)Cc1cccs1. The third-order valence-corrected chi connectivity index (χ3v) is 2.93. The Balaban J connectivity index is 2.48. The predicted octanol–water partition coefficient (Wildman–Crippen LogP) is 2.69. The van der Waals surface area contributed by atoms with Crippen molar-refractivity contribution >= 4 is 17.3 Å². The lowest BCUT2D eigenvalue weighted by Gasteiger charge is -2.19. The van der Waals surface area contributed by atoms with Crippen molar-refractivity contribution in [3.05, 3.63) is 35.0 Å². The van der Waals surface area contributed by atoms with Crippen LogP contribution in [0.25, 0.3) is 0 Å². The van der Waals surface area contributed by atoms with E-state index >= 15 is 0 Å². The Morgan fingerprint density at radius 2 is 2.41 bits per heavy atom. The van der Waals surface area contributed by atoms with Crippen LogP contribution in [-0.4, -0.2) is 30.1 Å². The molecule has 0 aromatic carbocycles. The van der Waals surface area contributed by atoms with Crippen LogP contribution in [0.5, 0.6) is 0 Å². The van der Waals surface area contributed by atoms with E-state index in [-0.39, 0.29) is 12.1 Å². The van der Waals surface area contributed by atoms with Gasteiger partial charge in [-0.3, -0.25) is 9.69 Å². The minimum absolute atomic E-state index is 0.0604. The third-order valence-electron chi connectivity index (χ3n) is 2.07. The van der Waals surface area contributed by atoms with E-state index < -0.39 is 0 Å². The van der Waals surface area contributed by atoms with Crippen molar-refractivity contribution in [2.24, 2.45) is 0 Å². The Hall–Kier alpha value is -1.13. The molecule has 4 heteroatoms. The van der Waals surface area contributed by atoms with Gasteiger partial charge < -0.3 is 4.74 Å². The van der Waals surface area contributed by atoms with Gasteiger partial charge in [-0.1, -0.05) is 12.1 Å². The summed E-state index contributed by atoms with van der Waals surface area (Å²) in [6.07, 6.45) is 1.74. The molecule has 94 valence electrons. The Labute approximate surface area is 107 Å². The largest absolute Gasteiger partial charge is 0.462 e. The molecule has 0 amide bonds. The monoisotopic (exact) mass is 253 g/mol. The number of carbonyl (C=O) groups excluding carboxylic acids is 1. The van der Waals surface area contributed by atoms with E-state index in [0.29, 0.717) is 13.1 Å². The number of nitrogens with zero attached hydrogens (tertiary/aromatic N) is 1. The number of hydrogen-bond acceptors (Lipinski definition) is 4. The molecule has 0 atom stereocenters.